The SMILES string of the molecule is CCCC(C)C(O)c1cccc2c1OCCO2. The van der Waals surface area contributed by atoms with Crippen LogP contribution in [0.25, 0.3) is 0 Å². The molecule has 1 N–H and O–H groups in total. The third-order valence-corrected chi connectivity index (χ3v) is 3.20. The van der Waals surface area contributed by atoms with Crippen molar-refractivity contribution >= 4 is 0 Å². The second kappa shape index (κ2) is 5.41. The van der Waals surface area contributed by atoms with Crippen molar-refractivity contribution in [3.05, 3.63) is 23.8 Å². The number of hydrogen-bond donors (Lipinski definition) is 1. The van der Waals surface area contributed by atoms with Gasteiger partial charge in [0.25, 0.3) is 0 Å². The highest BCUT2D eigenvalue weighted by Crippen LogP contribution is 2.39. The quantitative estimate of drug-likeness (QED) is 0.873. The predicted molar refractivity (Wildman–Crippen MR) is 66.5 cm³/mol. The zero-order valence-electron chi connectivity index (χ0n) is 10.5. The molecule has 2 rings (SSSR count). The minimum atomic E-state index is -0.480. The molecule has 0 aromatic heterocycles. The van der Waals surface area contributed by atoms with Gasteiger partial charge in [0.15, 0.2) is 11.5 Å². The van der Waals surface area contributed by atoms with Crippen LogP contribution in [0.3, 0.4) is 0 Å². The number of rotatable bonds is 4. The lowest BCUT2D eigenvalue weighted by atomic mass is 9.93. The Hall–Kier alpha value is -1.22. The summed E-state index contributed by atoms with van der Waals surface area (Å²) in [5.41, 5.74) is 0.850. The Morgan fingerprint density at radius 1 is 1.29 bits per heavy atom. The Kier molecular flexibility index (Phi) is 3.89. The molecule has 0 saturated carbocycles. The van der Waals surface area contributed by atoms with Crippen LogP contribution in [-0.4, -0.2) is 18.3 Å². The number of aliphatic hydroxyl groups excluding tert-OH is 1. The van der Waals surface area contributed by atoms with Crippen molar-refractivity contribution in [2.75, 3.05) is 13.2 Å². The van der Waals surface area contributed by atoms with Gasteiger partial charge in [-0.05, 0) is 18.4 Å². The molecule has 0 spiro atoms. The molecule has 1 heterocycles. The van der Waals surface area contributed by atoms with E-state index < -0.39 is 6.10 Å². The predicted octanol–water partition coefficient (Wildman–Crippen LogP) is 2.93. The molecule has 0 fully saturated rings. The zero-order chi connectivity index (χ0) is 12.3. The maximum atomic E-state index is 10.3. The molecule has 1 aromatic carbocycles. The lowest BCUT2D eigenvalue weighted by Crippen LogP contribution is -2.18. The molecule has 2 unspecified atom stereocenters. The standard InChI is InChI=1S/C14H20O3/c1-3-5-10(2)13(15)11-6-4-7-12-14(11)17-9-8-16-12/h4,6-7,10,13,15H,3,5,8-9H2,1-2H3. The van der Waals surface area contributed by atoms with Crippen LogP contribution in [0.5, 0.6) is 11.5 Å². The van der Waals surface area contributed by atoms with Crippen molar-refractivity contribution in [1.29, 1.82) is 0 Å². The second-order valence-corrected chi connectivity index (χ2v) is 4.58. The van der Waals surface area contributed by atoms with Crippen LogP contribution in [0.15, 0.2) is 18.2 Å². The van der Waals surface area contributed by atoms with Gasteiger partial charge in [-0.3, -0.25) is 0 Å². The molecule has 0 bridgehead atoms. The van der Waals surface area contributed by atoms with Gasteiger partial charge < -0.3 is 14.6 Å². The molecule has 17 heavy (non-hydrogen) atoms. The van der Waals surface area contributed by atoms with Crippen molar-refractivity contribution in [2.24, 2.45) is 5.92 Å². The number of aliphatic hydroxyl groups is 1. The lowest BCUT2D eigenvalue weighted by Gasteiger charge is -2.25. The van der Waals surface area contributed by atoms with Crippen LogP contribution in [-0.2, 0) is 0 Å². The Bertz CT molecular complexity index is 376. The molecule has 0 amide bonds. The molecule has 0 aliphatic carbocycles. The molecule has 1 aliphatic rings. The smallest absolute Gasteiger partial charge is 0.167 e. The van der Waals surface area contributed by atoms with E-state index in [1.54, 1.807) is 0 Å². The molecular formula is C14H20O3. The van der Waals surface area contributed by atoms with Gasteiger partial charge in [0.1, 0.15) is 13.2 Å². The summed E-state index contributed by atoms with van der Waals surface area (Å²) in [6.45, 7) is 5.33. The summed E-state index contributed by atoms with van der Waals surface area (Å²) >= 11 is 0. The summed E-state index contributed by atoms with van der Waals surface area (Å²) in [6.07, 6.45) is 1.60. The van der Waals surface area contributed by atoms with E-state index >= 15 is 0 Å². The zero-order valence-corrected chi connectivity index (χ0v) is 10.5. The second-order valence-electron chi connectivity index (χ2n) is 4.58. The molecule has 0 saturated heterocycles. The van der Waals surface area contributed by atoms with E-state index in [9.17, 15) is 5.11 Å². The van der Waals surface area contributed by atoms with Gasteiger partial charge >= 0.3 is 0 Å². The van der Waals surface area contributed by atoms with Crippen LogP contribution in [0.2, 0.25) is 0 Å². The van der Waals surface area contributed by atoms with Crippen molar-refractivity contribution in [3.63, 3.8) is 0 Å². The summed E-state index contributed by atoms with van der Waals surface area (Å²) in [7, 11) is 0. The van der Waals surface area contributed by atoms with Crippen LogP contribution in [0.1, 0.15) is 38.4 Å². The minimum Gasteiger partial charge on any atom is -0.486 e. The van der Waals surface area contributed by atoms with E-state index in [4.69, 9.17) is 9.47 Å². The molecule has 1 aliphatic heterocycles. The number of fused-ring (bicyclic) bond motifs is 1. The topological polar surface area (TPSA) is 38.7 Å². The Labute approximate surface area is 102 Å². The fraction of sp³-hybridized carbons (Fsp3) is 0.571. The molecular weight excluding hydrogens is 216 g/mol. The summed E-state index contributed by atoms with van der Waals surface area (Å²) in [5.74, 6) is 1.70. The highest BCUT2D eigenvalue weighted by molar-refractivity contribution is 5.48. The normalized spacial score (nSPS) is 17.6. The first-order valence-corrected chi connectivity index (χ1v) is 6.30. The summed E-state index contributed by atoms with van der Waals surface area (Å²) in [4.78, 5) is 0. The van der Waals surface area contributed by atoms with Gasteiger partial charge in [-0.25, -0.2) is 0 Å². The number of hydrogen-bond acceptors (Lipinski definition) is 3. The Balaban J connectivity index is 2.25. The molecule has 3 nitrogen and oxygen atoms in total. The van der Waals surface area contributed by atoms with Gasteiger partial charge in [-0.15, -0.1) is 0 Å². The lowest BCUT2D eigenvalue weighted by molar-refractivity contribution is 0.101. The van der Waals surface area contributed by atoms with E-state index in [2.05, 4.69) is 13.8 Å². The average Bonchev–Trinajstić information content (AvgIpc) is 2.37. The number of benzene rings is 1. The van der Waals surface area contributed by atoms with Crippen molar-refractivity contribution < 1.29 is 14.6 Å². The van der Waals surface area contributed by atoms with E-state index in [1.165, 1.54) is 0 Å². The maximum Gasteiger partial charge on any atom is 0.167 e. The molecule has 1 aromatic rings. The molecule has 94 valence electrons. The summed E-state index contributed by atoms with van der Waals surface area (Å²) in [5, 5.41) is 10.3. The summed E-state index contributed by atoms with van der Waals surface area (Å²) in [6, 6.07) is 5.71. The molecule has 2 atom stereocenters. The first-order chi connectivity index (χ1) is 8.24. The van der Waals surface area contributed by atoms with Gasteiger partial charge in [-0.2, -0.15) is 0 Å². The molecule has 0 radical (unpaired) electrons. The Morgan fingerprint density at radius 3 is 2.82 bits per heavy atom. The maximum absolute atomic E-state index is 10.3. The van der Waals surface area contributed by atoms with E-state index in [0.717, 1.165) is 24.2 Å². The largest absolute Gasteiger partial charge is 0.486 e. The average molecular weight is 236 g/mol. The van der Waals surface area contributed by atoms with Crippen molar-refractivity contribution in [1.82, 2.24) is 0 Å². The summed E-state index contributed by atoms with van der Waals surface area (Å²) < 4.78 is 11.1. The van der Waals surface area contributed by atoms with E-state index in [-0.39, 0.29) is 5.92 Å². The fourth-order valence-corrected chi connectivity index (χ4v) is 2.25. The van der Waals surface area contributed by atoms with Gasteiger partial charge in [0.05, 0.1) is 6.10 Å². The van der Waals surface area contributed by atoms with Crippen LogP contribution in [0, 0.1) is 5.92 Å². The van der Waals surface area contributed by atoms with Gasteiger partial charge in [-0.1, -0.05) is 32.4 Å². The first-order valence-electron chi connectivity index (χ1n) is 6.30. The fourth-order valence-electron chi connectivity index (χ4n) is 2.25. The van der Waals surface area contributed by atoms with E-state index in [1.807, 2.05) is 18.2 Å². The van der Waals surface area contributed by atoms with Gasteiger partial charge in [0, 0.05) is 5.56 Å². The monoisotopic (exact) mass is 236 g/mol. The van der Waals surface area contributed by atoms with Crippen molar-refractivity contribution in [3.8, 4) is 11.5 Å². The van der Waals surface area contributed by atoms with E-state index in [0.29, 0.717) is 19.0 Å². The first kappa shape index (κ1) is 12.2. The van der Waals surface area contributed by atoms with Crippen molar-refractivity contribution in [2.45, 2.75) is 32.8 Å². The highest BCUT2D eigenvalue weighted by atomic mass is 16.6. The minimum absolute atomic E-state index is 0.233. The third kappa shape index (κ3) is 2.55. The Morgan fingerprint density at radius 2 is 2.06 bits per heavy atom. The molecule has 3 heteroatoms. The van der Waals surface area contributed by atoms with Crippen LogP contribution < -0.4 is 9.47 Å². The van der Waals surface area contributed by atoms with Crippen LogP contribution in [0.4, 0.5) is 0 Å². The van der Waals surface area contributed by atoms with Crippen LogP contribution >= 0.6 is 0 Å². The number of ether oxygens (including phenoxy) is 2. The third-order valence-electron chi connectivity index (χ3n) is 3.20. The number of para-hydroxylation sites is 1. The highest BCUT2D eigenvalue weighted by Gasteiger charge is 2.23. The van der Waals surface area contributed by atoms with Gasteiger partial charge in [0.2, 0.25) is 0 Å².